The average Bonchev–Trinajstić information content (AvgIpc) is 2.89. The van der Waals surface area contributed by atoms with Gasteiger partial charge in [-0.2, -0.15) is 0 Å². The molecule has 0 radical (unpaired) electrons. The van der Waals surface area contributed by atoms with Crippen LogP contribution in [0.15, 0.2) is 60.7 Å². The molecule has 0 saturated carbocycles. The van der Waals surface area contributed by atoms with E-state index in [4.69, 9.17) is 4.74 Å². The Morgan fingerprint density at radius 3 is 2.30 bits per heavy atom. The zero-order valence-electron chi connectivity index (χ0n) is 24.3. The molecule has 40 heavy (non-hydrogen) atoms. The van der Waals surface area contributed by atoms with Gasteiger partial charge in [0.2, 0.25) is 5.91 Å². The predicted octanol–water partition coefficient (Wildman–Crippen LogP) is 5.65. The molecule has 8 heteroatoms. The Labute approximate surface area is 236 Å². The van der Waals surface area contributed by atoms with Gasteiger partial charge in [-0.05, 0) is 75.1 Å². The highest BCUT2D eigenvalue weighted by atomic mass is 16.6. The molecule has 0 saturated heterocycles. The van der Waals surface area contributed by atoms with Crippen LogP contribution in [0.4, 0.5) is 10.5 Å². The third-order valence-electron chi connectivity index (χ3n) is 6.50. The van der Waals surface area contributed by atoms with Gasteiger partial charge in [0.1, 0.15) is 17.7 Å². The Bertz CT molecular complexity index is 1350. The van der Waals surface area contributed by atoms with Crippen LogP contribution < -0.4 is 10.6 Å². The number of aliphatic hydroxyl groups is 1. The molecular weight excluding hydrogens is 506 g/mol. The molecule has 0 aliphatic carbocycles. The number of unbranched alkanes of at least 4 members (excludes halogenated alkanes) is 1. The van der Waals surface area contributed by atoms with Gasteiger partial charge in [0, 0.05) is 12.2 Å². The number of carbonyl (C=O) groups excluding carboxylic acids is 3. The number of carbonyl (C=O) groups is 3. The number of aliphatic hydroxyl groups excluding tert-OH is 1. The normalized spacial score (nSPS) is 12.9. The second kappa shape index (κ2) is 13.4. The highest BCUT2D eigenvalue weighted by Crippen LogP contribution is 2.29. The van der Waals surface area contributed by atoms with Gasteiger partial charge in [0.15, 0.2) is 0 Å². The van der Waals surface area contributed by atoms with Crippen molar-refractivity contribution in [1.82, 2.24) is 10.2 Å². The number of aryl methyl sites for hydroxylation is 2. The smallest absolute Gasteiger partial charge is 0.408 e. The minimum Gasteiger partial charge on any atom is -0.444 e. The van der Waals surface area contributed by atoms with Crippen molar-refractivity contribution in [3.8, 4) is 0 Å². The van der Waals surface area contributed by atoms with Crippen LogP contribution >= 0.6 is 0 Å². The third kappa shape index (κ3) is 8.05. The van der Waals surface area contributed by atoms with Crippen LogP contribution in [-0.4, -0.2) is 52.7 Å². The zero-order chi connectivity index (χ0) is 29.4. The first-order valence-electron chi connectivity index (χ1n) is 13.7. The first-order valence-corrected chi connectivity index (χ1v) is 13.7. The van der Waals surface area contributed by atoms with E-state index in [-0.39, 0.29) is 12.5 Å². The van der Waals surface area contributed by atoms with Crippen molar-refractivity contribution in [2.75, 3.05) is 18.5 Å². The van der Waals surface area contributed by atoms with E-state index in [0.717, 1.165) is 28.3 Å². The summed E-state index contributed by atoms with van der Waals surface area (Å²) in [5.41, 5.74) is 2.38. The Hall–Kier alpha value is -3.91. The van der Waals surface area contributed by atoms with Gasteiger partial charge in [-0.3, -0.25) is 9.59 Å². The number of anilines is 1. The molecule has 0 spiro atoms. The Balaban J connectivity index is 2.02. The van der Waals surface area contributed by atoms with E-state index in [1.165, 1.54) is 4.90 Å². The molecule has 3 N–H and O–H groups in total. The highest BCUT2D eigenvalue weighted by Gasteiger charge is 2.36. The molecule has 0 heterocycles. The van der Waals surface area contributed by atoms with Crippen LogP contribution in [0.1, 0.15) is 63.3 Å². The Morgan fingerprint density at radius 2 is 1.68 bits per heavy atom. The van der Waals surface area contributed by atoms with Gasteiger partial charge in [0.05, 0.1) is 6.61 Å². The lowest BCUT2D eigenvalue weighted by atomic mass is 9.96. The molecule has 0 bridgehead atoms. The summed E-state index contributed by atoms with van der Waals surface area (Å²) in [7, 11) is 0. The molecule has 3 amide bonds. The molecular formula is C32H41N3O5. The van der Waals surface area contributed by atoms with Crippen LogP contribution in [-0.2, 0) is 14.3 Å². The third-order valence-corrected chi connectivity index (χ3v) is 6.50. The van der Waals surface area contributed by atoms with Crippen molar-refractivity contribution in [3.05, 3.63) is 77.4 Å². The summed E-state index contributed by atoms with van der Waals surface area (Å²) in [6.45, 7) is 10.6. The van der Waals surface area contributed by atoms with Gasteiger partial charge >= 0.3 is 6.09 Å². The number of amides is 3. The summed E-state index contributed by atoms with van der Waals surface area (Å²) in [6, 6.07) is 17.0. The summed E-state index contributed by atoms with van der Waals surface area (Å²) < 4.78 is 5.31. The molecule has 0 aliphatic heterocycles. The molecule has 214 valence electrons. The van der Waals surface area contributed by atoms with Crippen LogP contribution in [0.5, 0.6) is 0 Å². The number of hydrogen-bond acceptors (Lipinski definition) is 5. The summed E-state index contributed by atoms with van der Waals surface area (Å²) in [4.78, 5) is 41.9. The number of nitrogens with zero attached hydrogens (tertiary/aromatic N) is 1. The summed E-state index contributed by atoms with van der Waals surface area (Å²) >= 11 is 0. The highest BCUT2D eigenvalue weighted by molar-refractivity contribution is 6.00. The number of rotatable bonds is 10. The molecule has 2 atom stereocenters. The van der Waals surface area contributed by atoms with Crippen molar-refractivity contribution in [2.45, 2.75) is 72.1 Å². The second-order valence-electron chi connectivity index (χ2n) is 11.1. The Morgan fingerprint density at radius 1 is 0.975 bits per heavy atom. The maximum atomic E-state index is 14.0. The van der Waals surface area contributed by atoms with Gasteiger partial charge in [-0.15, -0.1) is 0 Å². The summed E-state index contributed by atoms with van der Waals surface area (Å²) in [5, 5.41) is 17.6. The number of ether oxygens (including phenoxy) is 1. The lowest BCUT2D eigenvalue weighted by Gasteiger charge is -2.34. The first kappa shape index (κ1) is 30.6. The molecule has 0 aliphatic rings. The number of hydrogen-bond donors (Lipinski definition) is 3. The standard InChI is InChI=1S/C32H41N3O5/c1-7-8-17-35(30(38)27(20-36)34-31(39)40-32(4,5)6)28(26-16-13-21(2)18-22(26)3)29(37)33-25-15-14-23-11-9-10-12-24(23)19-25/h9-16,18-19,27-28,36H,7-8,17,20H2,1-6H3,(H,33,37)(H,34,39). The van der Waals surface area contributed by atoms with E-state index >= 15 is 0 Å². The molecule has 2 unspecified atom stereocenters. The number of alkyl carbamates (subject to hydrolysis) is 1. The quantitative estimate of drug-likeness (QED) is 0.304. The van der Waals surface area contributed by atoms with E-state index < -0.39 is 36.3 Å². The molecule has 0 aromatic heterocycles. The van der Waals surface area contributed by atoms with Gasteiger partial charge in [-0.1, -0.05) is 67.4 Å². The fraction of sp³-hybridized carbons (Fsp3) is 0.406. The SMILES string of the molecule is CCCCN(C(=O)C(CO)NC(=O)OC(C)(C)C)C(C(=O)Nc1ccc2ccccc2c1)c1ccc(C)cc1C. The maximum Gasteiger partial charge on any atom is 0.408 e. The van der Waals surface area contributed by atoms with Crippen LogP contribution in [0, 0.1) is 13.8 Å². The van der Waals surface area contributed by atoms with Crippen LogP contribution in [0.3, 0.4) is 0 Å². The van der Waals surface area contributed by atoms with Crippen molar-refractivity contribution >= 4 is 34.4 Å². The Kier molecular flexibility index (Phi) is 10.3. The van der Waals surface area contributed by atoms with Crippen molar-refractivity contribution in [1.29, 1.82) is 0 Å². The molecule has 3 rings (SSSR count). The van der Waals surface area contributed by atoms with Gasteiger partial charge < -0.3 is 25.4 Å². The van der Waals surface area contributed by atoms with E-state index in [1.54, 1.807) is 20.8 Å². The molecule has 3 aromatic rings. The van der Waals surface area contributed by atoms with Gasteiger partial charge in [-0.25, -0.2) is 4.79 Å². The van der Waals surface area contributed by atoms with Gasteiger partial charge in [0.25, 0.3) is 5.91 Å². The molecule has 8 nitrogen and oxygen atoms in total. The van der Waals surface area contributed by atoms with Crippen LogP contribution in [0.25, 0.3) is 10.8 Å². The minimum absolute atomic E-state index is 0.255. The largest absolute Gasteiger partial charge is 0.444 e. The first-order chi connectivity index (χ1) is 18.9. The van der Waals surface area contributed by atoms with E-state index in [2.05, 4.69) is 10.6 Å². The van der Waals surface area contributed by atoms with Crippen molar-refractivity contribution in [3.63, 3.8) is 0 Å². The number of nitrogens with one attached hydrogen (secondary N) is 2. The van der Waals surface area contributed by atoms with E-state index in [1.807, 2.05) is 81.4 Å². The van der Waals surface area contributed by atoms with E-state index in [0.29, 0.717) is 17.7 Å². The van der Waals surface area contributed by atoms with Crippen LogP contribution in [0.2, 0.25) is 0 Å². The maximum absolute atomic E-state index is 14.0. The fourth-order valence-electron chi connectivity index (χ4n) is 4.59. The number of benzene rings is 3. The fourth-order valence-corrected chi connectivity index (χ4v) is 4.59. The summed E-state index contributed by atoms with van der Waals surface area (Å²) in [6.07, 6.45) is 0.582. The minimum atomic E-state index is -1.28. The zero-order valence-corrected chi connectivity index (χ0v) is 24.3. The second-order valence-corrected chi connectivity index (χ2v) is 11.1. The average molecular weight is 548 g/mol. The lowest BCUT2D eigenvalue weighted by Crippen LogP contribution is -2.54. The van der Waals surface area contributed by atoms with Crippen molar-refractivity contribution in [2.24, 2.45) is 0 Å². The molecule has 3 aromatic carbocycles. The summed E-state index contributed by atoms with van der Waals surface area (Å²) in [5.74, 6) is -0.957. The van der Waals surface area contributed by atoms with E-state index in [9.17, 15) is 19.5 Å². The topological polar surface area (TPSA) is 108 Å². The molecule has 0 fully saturated rings. The van der Waals surface area contributed by atoms with Crippen molar-refractivity contribution < 1.29 is 24.2 Å². The number of fused-ring (bicyclic) bond motifs is 1. The predicted molar refractivity (Wildman–Crippen MR) is 158 cm³/mol. The monoisotopic (exact) mass is 547 g/mol. The lowest BCUT2D eigenvalue weighted by molar-refractivity contribution is -0.141.